The van der Waals surface area contributed by atoms with Gasteiger partial charge in [0.1, 0.15) is 5.75 Å². The number of hydrogen-bond acceptors (Lipinski definition) is 3. The number of amides is 1. The van der Waals surface area contributed by atoms with Gasteiger partial charge in [0.2, 0.25) is 0 Å². The quantitative estimate of drug-likeness (QED) is 0.739. The molecule has 0 aromatic heterocycles. The molecule has 15 heavy (non-hydrogen) atoms. The molecule has 0 bridgehead atoms. The highest BCUT2D eigenvalue weighted by molar-refractivity contribution is 7.80. The first-order valence-corrected chi connectivity index (χ1v) is 4.75. The van der Waals surface area contributed by atoms with Crippen LogP contribution in [0.25, 0.3) is 0 Å². The van der Waals surface area contributed by atoms with E-state index < -0.39 is 0 Å². The van der Waals surface area contributed by atoms with Crippen LogP contribution in [-0.4, -0.2) is 24.6 Å². The molecule has 4 nitrogen and oxygen atoms in total. The Kier molecular flexibility index (Phi) is 4.05. The van der Waals surface area contributed by atoms with Crippen molar-refractivity contribution in [2.45, 2.75) is 0 Å². The topological polar surface area (TPSA) is 64.3 Å². The van der Waals surface area contributed by atoms with Crippen LogP contribution in [0.15, 0.2) is 24.3 Å². The van der Waals surface area contributed by atoms with Gasteiger partial charge in [0.25, 0.3) is 5.91 Å². The zero-order chi connectivity index (χ0) is 11.3. The van der Waals surface area contributed by atoms with E-state index in [9.17, 15) is 4.79 Å². The number of hydrogen-bond donors (Lipinski definition) is 2. The van der Waals surface area contributed by atoms with Crippen molar-refractivity contribution < 1.29 is 9.53 Å². The standard InChI is InChI=1S/C10H12N2O2S/c1-14-8-5-3-2-4-7(8)10(13)12-6-9(11)15/h2-5H,6H2,1H3,(H2,11,15)(H,12,13). The molecule has 0 spiro atoms. The van der Waals surface area contributed by atoms with E-state index in [2.05, 4.69) is 17.5 Å². The number of ether oxygens (including phenoxy) is 1. The number of nitrogens with one attached hydrogen (secondary N) is 1. The molecule has 1 aromatic rings. The Bertz CT molecular complexity index is 379. The van der Waals surface area contributed by atoms with Crippen molar-refractivity contribution in [2.75, 3.05) is 13.7 Å². The highest BCUT2D eigenvalue weighted by Crippen LogP contribution is 2.16. The van der Waals surface area contributed by atoms with Crippen LogP contribution in [0.4, 0.5) is 0 Å². The van der Waals surface area contributed by atoms with Crippen LogP contribution in [0.3, 0.4) is 0 Å². The fourth-order valence-corrected chi connectivity index (χ4v) is 1.17. The summed E-state index contributed by atoms with van der Waals surface area (Å²) in [6, 6.07) is 6.95. The third-order valence-electron chi connectivity index (χ3n) is 1.77. The third kappa shape index (κ3) is 3.21. The second-order valence-electron chi connectivity index (χ2n) is 2.85. The maximum atomic E-state index is 11.6. The minimum atomic E-state index is -0.250. The van der Waals surface area contributed by atoms with Crippen molar-refractivity contribution in [3.63, 3.8) is 0 Å². The summed E-state index contributed by atoms with van der Waals surface area (Å²) in [7, 11) is 1.51. The minimum absolute atomic E-state index is 0.187. The zero-order valence-electron chi connectivity index (χ0n) is 8.32. The normalized spacial score (nSPS) is 9.40. The van der Waals surface area contributed by atoms with E-state index in [0.29, 0.717) is 11.3 Å². The van der Waals surface area contributed by atoms with Gasteiger partial charge in [-0.15, -0.1) is 0 Å². The largest absolute Gasteiger partial charge is 0.496 e. The number of rotatable bonds is 4. The fraction of sp³-hybridized carbons (Fsp3) is 0.200. The molecule has 1 aromatic carbocycles. The Morgan fingerprint density at radius 3 is 2.80 bits per heavy atom. The van der Waals surface area contributed by atoms with Crippen molar-refractivity contribution in [2.24, 2.45) is 5.73 Å². The number of methoxy groups -OCH3 is 1. The Morgan fingerprint density at radius 2 is 2.20 bits per heavy atom. The highest BCUT2D eigenvalue weighted by Gasteiger charge is 2.10. The molecule has 0 saturated carbocycles. The van der Waals surface area contributed by atoms with Gasteiger partial charge in [0.05, 0.1) is 24.2 Å². The van der Waals surface area contributed by atoms with Gasteiger partial charge in [0.15, 0.2) is 0 Å². The van der Waals surface area contributed by atoms with Gasteiger partial charge in [-0.2, -0.15) is 0 Å². The van der Waals surface area contributed by atoms with Crippen molar-refractivity contribution in [3.8, 4) is 5.75 Å². The summed E-state index contributed by atoms with van der Waals surface area (Å²) >= 11 is 4.66. The highest BCUT2D eigenvalue weighted by atomic mass is 32.1. The van der Waals surface area contributed by atoms with Gasteiger partial charge in [-0.1, -0.05) is 24.4 Å². The number of carbonyl (C=O) groups excluding carboxylic acids is 1. The molecule has 0 fully saturated rings. The van der Waals surface area contributed by atoms with Gasteiger partial charge in [-0.3, -0.25) is 4.79 Å². The van der Waals surface area contributed by atoms with Crippen LogP contribution >= 0.6 is 12.2 Å². The van der Waals surface area contributed by atoms with Gasteiger partial charge in [-0.05, 0) is 12.1 Å². The molecular formula is C10H12N2O2S. The first kappa shape index (κ1) is 11.5. The van der Waals surface area contributed by atoms with E-state index in [1.54, 1.807) is 24.3 Å². The second-order valence-corrected chi connectivity index (χ2v) is 3.37. The number of benzene rings is 1. The van der Waals surface area contributed by atoms with Crippen LogP contribution in [0, 0.1) is 0 Å². The fourth-order valence-electron chi connectivity index (χ4n) is 1.09. The molecule has 0 aliphatic rings. The van der Waals surface area contributed by atoms with Crippen LogP contribution in [-0.2, 0) is 0 Å². The lowest BCUT2D eigenvalue weighted by atomic mass is 10.2. The van der Waals surface area contributed by atoms with E-state index in [1.165, 1.54) is 7.11 Å². The summed E-state index contributed by atoms with van der Waals surface area (Å²) in [4.78, 5) is 11.9. The summed E-state index contributed by atoms with van der Waals surface area (Å²) in [5, 5.41) is 2.59. The number of nitrogens with two attached hydrogens (primary N) is 1. The van der Waals surface area contributed by atoms with Crippen molar-refractivity contribution in [1.29, 1.82) is 0 Å². The van der Waals surface area contributed by atoms with E-state index >= 15 is 0 Å². The molecule has 0 atom stereocenters. The van der Waals surface area contributed by atoms with Crippen LogP contribution in [0.1, 0.15) is 10.4 Å². The lowest BCUT2D eigenvalue weighted by Crippen LogP contribution is -2.32. The van der Waals surface area contributed by atoms with Gasteiger partial charge in [-0.25, -0.2) is 0 Å². The second kappa shape index (κ2) is 5.31. The summed E-state index contributed by atoms with van der Waals surface area (Å²) in [5.74, 6) is 0.276. The molecule has 0 unspecified atom stereocenters. The molecule has 3 N–H and O–H groups in total. The van der Waals surface area contributed by atoms with Gasteiger partial charge < -0.3 is 15.8 Å². The lowest BCUT2D eigenvalue weighted by molar-refractivity contribution is 0.0956. The maximum absolute atomic E-state index is 11.6. The Labute approximate surface area is 93.4 Å². The maximum Gasteiger partial charge on any atom is 0.255 e. The molecule has 80 valence electrons. The molecule has 0 saturated heterocycles. The average molecular weight is 224 g/mol. The predicted octanol–water partition coefficient (Wildman–Crippen LogP) is 0.711. The first-order valence-electron chi connectivity index (χ1n) is 4.34. The van der Waals surface area contributed by atoms with Crippen molar-refractivity contribution >= 4 is 23.1 Å². The van der Waals surface area contributed by atoms with E-state index in [-0.39, 0.29) is 17.4 Å². The monoisotopic (exact) mass is 224 g/mol. The zero-order valence-corrected chi connectivity index (χ0v) is 9.14. The van der Waals surface area contributed by atoms with Gasteiger partial charge >= 0.3 is 0 Å². The van der Waals surface area contributed by atoms with Crippen LogP contribution in [0.2, 0.25) is 0 Å². The molecule has 1 amide bonds. The average Bonchev–Trinajstić information content (AvgIpc) is 2.25. The summed E-state index contributed by atoms with van der Waals surface area (Å²) < 4.78 is 5.05. The molecule has 1 rings (SSSR count). The predicted molar refractivity (Wildman–Crippen MR) is 62.1 cm³/mol. The molecular weight excluding hydrogens is 212 g/mol. The Hall–Kier alpha value is -1.62. The SMILES string of the molecule is COc1ccccc1C(=O)NCC(N)=S. The summed E-state index contributed by atoms with van der Waals surface area (Å²) in [5.41, 5.74) is 5.74. The van der Waals surface area contributed by atoms with E-state index in [4.69, 9.17) is 10.5 Å². The van der Waals surface area contributed by atoms with E-state index in [0.717, 1.165) is 0 Å². The van der Waals surface area contributed by atoms with Crippen LogP contribution in [0.5, 0.6) is 5.75 Å². The molecule has 0 radical (unpaired) electrons. The lowest BCUT2D eigenvalue weighted by Gasteiger charge is -2.08. The van der Waals surface area contributed by atoms with Crippen LogP contribution < -0.4 is 15.8 Å². The summed E-state index contributed by atoms with van der Waals surface area (Å²) in [6.07, 6.45) is 0. The van der Waals surface area contributed by atoms with Crippen molar-refractivity contribution in [1.82, 2.24) is 5.32 Å². The summed E-state index contributed by atoms with van der Waals surface area (Å²) in [6.45, 7) is 0.187. The molecule has 0 heterocycles. The number of thiocarbonyl (C=S) groups is 1. The number of para-hydroxylation sites is 1. The van der Waals surface area contributed by atoms with E-state index in [1.807, 2.05) is 0 Å². The Morgan fingerprint density at radius 1 is 1.53 bits per heavy atom. The molecule has 0 aliphatic carbocycles. The smallest absolute Gasteiger partial charge is 0.255 e. The Balaban J connectivity index is 2.77. The number of carbonyl (C=O) groups is 1. The minimum Gasteiger partial charge on any atom is -0.496 e. The van der Waals surface area contributed by atoms with Gasteiger partial charge in [0, 0.05) is 0 Å². The third-order valence-corrected chi connectivity index (χ3v) is 1.92. The molecule has 0 aliphatic heterocycles. The first-order chi connectivity index (χ1) is 7.15. The molecule has 5 heteroatoms. The van der Waals surface area contributed by atoms with Crippen molar-refractivity contribution in [3.05, 3.63) is 29.8 Å².